The Balaban J connectivity index is 1.80. The maximum Gasteiger partial charge on any atom is 0.146 e. The van der Waals surface area contributed by atoms with Crippen molar-refractivity contribution < 1.29 is 9.13 Å². The minimum absolute atomic E-state index is 0.0432. The molecule has 4 nitrogen and oxygen atoms in total. The Kier molecular flexibility index (Phi) is 3.52. The van der Waals surface area contributed by atoms with Crippen LogP contribution in [0.4, 0.5) is 4.39 Å². The monoisotopic (exact) mass is 265 g/mol. The molecule has 2 fully saturated rings. The number of nitrogens with two attached hydrogens (primary N) is 1. The van der Waals surface area contributed by atoms with E-state index in [1.54, 1.807) is 12.3 Å². The number of hydrogen-bond acceptors (Lipinski definition) is 4. The van der Waals surface area contributed by atoms with Crippen molar-refractivity contribution in [3.63, 3.8) is 0 Å². The molecule has 1 saturated carbocycles. The van der Waals surface area contributed by atoms with E-state index >= 15 is 0 Å². The molecule has 0 amide bonds. The highest BCUT2D eigenvalue weighted by Crippen LogP contribution is 2.47. The maximum atomic E-state index is 13.9. The van der Waals surface area contributed by atoms with Crippen LogP contribution in [0.1, 0.15) is 43.7 Å². The van der Waals surface area contributed by atoms with Crippen LogP contribution in [0.15, 0.2) is 18.5 Å². The summed E-state index contributed by atoms with van der Waals surface area (Å²) in [6, 6.07) is 1.55. The quantitative estimate of drug-likeness (QED) is 0.649. The maximum absolute atomic E-state index is 13.9. The van der Waals surface area contributed by atoms with E-state index in [4.69, 9.17) is 10.6 Å². The minimum atomic E-state index is -0.292. The van der Waals surface area contributed by atoms with Gasteiger partial charge >= 0.3 is 0 Å². The zero-order valence-electron chi connectivity index (χ0n) is 10.9. The van der Waals surface area contributed by atoms with Crippen LogP contribution in [-0.4, -0.2) is 17.2 Å². The largest absolute Gasteiger partial charge is 0.375 e. The van der Waals surface area contributed by atoms with E-state index in [0.29, 0.717) is 11.5 Å². The highest BCUT2D eigenvalue weighted by molar-refractivity contribution is 5.19. The van der Waals surface area contributed by atoms with E-state index in [1.807, 2.05) is 0 Å². The van der Waals surface area contributed by atoms with Crippen molar-refractivity contribution in [2.45, 2.75) is 43.7 Å². The van der Waals surface area contributed by atoms with Gasteiger partial charge < -0.3 is 4.74 Å². The van der Waals surface area contributed by atoms with E-state index in [2.05, 4.69) is 10.4 Å². The van der Waals surface area contributed by atoms with Crippen LogP contribution in [0, 0.1) is 11.7 Å². The fourth-order valence-corrected chi connectivity index (χ4v) is 3.39. The van der Waals surface area contributed by atoms with Gasteiger partial charge in [0, 0.05) is 18.4 Å². The smallest absolute Gasteiger partial charge is 0.146 e. The molecule has 1 saturated heterocycles. The summed E-state index contributed by atoms with van der Waals surface area (Å²) in [7, 11) is 0. The van der Waals surface area contributed by atoms with Gasteiger partial charge in [0.25, 0.3) is 0 Å². The van der Waals surface area contributed by atoms with Gasteiger partial charge in [-0.05, 0) is 44.1 Å². The molecule has 19 heavy (non-hydrogen) atoms. The summed E-state index contributed by atoms with van der Waals surface area (Å²) in [6.07, 6.45) is 8.22. The molecular weight excluding hydrogens is 245 g/mol. The molecule has 104 valence electrons. The van der Waals surface area contributed by atoms with E-state index in [1.165, 1.54) is 12.6 Å². The van der Waals surface area contributed by atoms with E-state index < -0.39 is 0 Å². The van der Waals surface area contributed by atoms with E-state index in [9.17, 15) is 4.39 Å². The summed E-state index contributed by atoms with van der Waals surface area (Å²) in [5.41, 5.74) is 3.44. The molecule has 2 atom stereocenters. The highest BCUT2D eigenvalue weighted by atomic mass is 19.1. The molecule has 2 heterocycles. The Hall–Kier alpha value is -1.04. The number of halogens is 1. The van der Waals surface area contributed by atoms with Crippen LogP contribution in [-0.2, 0) is 4.74 Å². The third kappa shape index (κ3) is 2.38. The van der Waals surface area contributed by atoms with E-state index in [0.717, 1.165) is 32.3 Å². The van der Waals surface area contributed by atoms with Gasteiger partial charge in [-0.2, -0.15) is 0 Å². The molecule has 3 rings (SSSR count). The van der Waals surface area contributed by atoms with Gasteiger partial charge in [-0.3, -0.25) is 16.3 Å². The van der Waals surface area contributed by atoms with Crippen LogP contribution >= 0.6 is 0 Å². The average molecular weight is 265 g/mol. The molecule has 2 aliphatic rings. The molecule has 2 unspecified atom stereocenters. The molecule has 1 aromatic heterocycles. The first-order valence-electron chi connectivity index (χ1n) is 6.94. The molecule has 0 bridgehead atoms. The summed E-state index contributed by atoms with van der Waals surface area (Å²) < 4.78 is 19.8. The normalized spacial score (nSPS) is 26.9. The molecule has 0 aromatic carbocycles. The zero-order chi connectivity index (χ0) is 13.3. The zero-order valence-corrected chi connectivity index (χ0v) is 10.9. The Bertz CT molecular complexity index is 450. The summed E-state index contributed by atoms with van der Waals surface area (Å²) in [6.45, 7) is 0.746. The number of pyridine rings is 1. The topological polar surface area (TPSA) is 60.2 Å². The number of hydrazine groups is 1. The molecule has 0 radical (unpaired) electrons. The minimum Gasteiger partial charge on any atom is -0.375 e. The first-order valence-corrected chi connectivity index (χ1v) is 6.94. The van der Waals surface area contributed by atoms with Crippen LogP contribution in [0.3, 0.4) is 0 Å². The lowest BCUT2D eigenvalue weighted by Crippen LogP contribution is -2.48. The number of ether oxygens (including phenoxy) is 1. The number of hydrogen-bond donors (Lipinski definition) is 2. The fourth-order valence-electron chi connectivity index (χ4n) is 3.39. The second kappa shape index (κ2) is 5.15. The lowest BCUT2D eigenvalue weighted by molar-refractivity contribution is -0.147. The number of nitrogens with zero attached hydrogens (tertiary/aromatic N) is 1. The van der Waals surface area contributed by atoms with Crippen molar-refractivity contribution in [1.29, 1.82) is 0 Å². The molecule has 1 aromatic rings. The first-order chi connectivity index (χ1) is 9.24. The summed E-state index contributed by atoms with van der Waals surface area (Å²) in [5, 5.41) is 0. The Labute approximate surface area is 112 Å². The third-order valence-electron chi connectivity index (χ3n) is 4.59. The van der Waals surface area contributed by atoms with Crippen molar-refractivity contribution in [3.8, 4) is 0 Å². The van der Waals surface area contributed by atoms with Crippen molar-refractivity contribution in [2.24, 2.45) is 11.8 Å². The number of nitrogens with one attached hydrogen (secondary N) is 1. The van der Waals surface area contributed by atoms with Crippen LogP contribution in [0.5, 0.6) is 0 Å². The van der Waals surface area contributed by atoms with Gasteiger partial charge in [0.15, 0.2) is 0 Å². The van der Waals surface area contributed by atoms with Crippen molar-refractivity contribution in [2.75, 3.05) is 6.61 Å². The second-order valence-corrected chi connectivity index (χ2v) is 5.68. The average Bonchev–Trinajstić information content (AvgIpc) is 2.40. The van der Waals surface area contributed by atoms with Gasteiger partial charge in [-0.1, -0.05) is 0 Å². The number of rotatable bonds is 3. The van der Waals surface area contributed by atoms with Gasteiger partial charge in [0.05, 0.1) is 17.8 Å². The molecular formula is C14H20FN3O. The van der Waals surface area contributed by atoms with Crippen molar-refractivity contribution in [1.82, 2.24) is 10.4 Å². The lowest BCUT2D eigenvalue weighted by atomic mass is 9.70. The van der Waals surface area contributed by atoms with Gasteiger partial charge in [-0.15, -0.1) is 0 Å². The van der Waals surface area contributed by atoms with Gasteiger partial charge in [0.2, 0.25) is 0 Å². The second-order valence-electron chi connectivity index (χ2n) is 5.68. The van der Waals surface area contributed by atoms with Crippen molar-refractivity contribution in [3.05, 3.63) is 29.8 Å². The SMILES string of the molecule is NNC(c1ccncc1F)C1CCOC2(CCC2)C1. The summed E-state index contributed by atoms with van der Waals surface area (Å²) >= 11 is 0. The standard InChI is InChI=1S/C14H20FN3O/c15-12-9-17-6-2-11(12)13(18-16)10-3-7-19-14(8-10)4-1-5-14/h2,6,9-10,13,18H,1,3-5,7-8,16H2. The summed E-state index contributed by atoms with van der Waals surface area (Å²) in [4.78, 5) is 3.79. The molecule has 3 N–H and O–H groups in total. The predicted molar refractivity (Wildman–Crippen MR) is 69.5 cm³/mol. The van der Waals surface area contributed by atoms with Crippen LogP contribution < -0.4 is 11.3 Å². The first kappa shape index (κ1) is 13.0. The van der Waals surface area contributed by atoms with E-state index in [-0.39, 0.29) is 17.5 Å². The number of aromatic nitrogens is 1. The molecule has 1 spiro atoms. The van der Waals surface area contributed by atoms with Crippen LogP contribution in [0.25, 0.3) is 0 Å². The molecule has 5 heteroatoms. The lowest BCUT2D eigenvalue weighted by Gasteiger charge is -2.48. The molecule has 1 aliphatic heterocycles. The molecule has 1 aliphatic carbocycles. The Morgan fingerprint density at radius 1 is 1.53 bits per heavy atom. The van der Waals surface area contributed by atoms with Gasteiger partial charge in [0.1, 0.15) is 5.82 Å². The van der Waals surface area contributed by atoms with Gasteiger partial charge in [-0.25, -0.2) is 4.39 Å². The third-order valence-corrected chi connectivity index (χ3v) is 4.59. The van der Waals surface area contributed by atoms with Crippen LogP contribution in [0.2, 0.25) is 0 Å². The highest BCUT2D eigenvalue weighted by Gasteiger charge is 2.44. The Morgan fingerprint density at radius 2 is 2.37 bits per heavy atom. The Morgan fingerprint density at radius 3 is 3.00 bits per heavy atom. The van der Waals surface area contributed by atoms with Crippen molar-refractivity contribution >= 4 is 0 Å². The fraction of sp³-hybridized carbons (Fsp3) is 0.643. The summed E-state index contributed by atoms with van der Waals surface area (Å²) in [5.74, 6) is 5.70. The predicted octanol–water partition coefficient (Wildman–Crippen LogP) is 2.07.